The number of rotatable bonds is 2. The third-order valence-electron chi connectivity index (χ3n) is 2.01. The van der Waals surface area contributed by atoms with Crippen LogP contribution in [0.1, 0.15) is 4.88 Å². The molecule has 84 valence electrons. The van der Waals surface area contributed by atoms with Crippen molar-refractivity contribution in [2.24, 2.45) is 0 Å². The van der Waals surface area contributed by atoms with Gasteiger partial charge in [-0.05, 0) is 28.1 Å². The van der Waals surface area contributed by atoms with Crippen LogP contribution in [0.25, 0.3) is 11.3 Å². The van der Waals surface area contributed by atoms with E-state index in [1.165, 1.54) is 11.3 Å². The Morgan fingerprint density at radius 2 is 1.94 bits per heavy atom. The molecule has 0 radical (unpaired) electrons. The fourth-order valence-corrected chi connectivity index (χ4v) is 3.34. The molecule has 0 saturated heterocycles. The van der Waals surface area contributed by atoms with E-state index < -0.39 is 0 Å². The molecule has 0 bridgehead atoms. The summed E-state index contributed by atoms with van der Waals surface area (Å²) in [5.74, 6) is 0. The second kappa shape index (κ2) is 5.02. The Kier molecular flexibility index (Phi) is 3.87. The van der Waals surface area contributed by atoms with Crippen molar-refractivity contribution in [1.82, 2.24) is 4.98 Å². The van der Waals surface area contributed by atoms with Gasteiger partial charge in [-0.2, -0.15) is 0 Å². The molecule has 0 aliphatic heterocycles. The smallest absolute Gasteiger partial charge is 0.160 e. The van der Waals surface area contributed by atoms with Gasteiger partial charge < -0.3 is 5.11 Å². The zero-order valence-electron chi connectivity index (χ0n) is 7.88. The Hall–Kier alpha value is -0.130. The Morgan fingerprint density at radius 3 is 2.50 bits per heavy atom. The zero-order valence-corrected chi connectivity index (χ0v) is 11.8. The summed E-state index contributed by atoms with van der Waals surface area (Å²) in [6, 6.07) is 5.27. The highest BCUT2D eigenvalue weighted by atomic mass is 79.9. The van der Waals surface area contributed by atoms with E-state index in [2.05, 4.69) is 20.9 Å². The summed E-state index contributed by atoms with van der Waals surface area (Å²) in [6.07, 6.45) is 0. The van der Waals surface area contributed by atoms with Crippen LogP contribution in [0.3, 0.4) is 0 Å². The fourth-order valence-electron chi connectivity index (χ4n) is 1.35. The van der Waals surface area contributed by atoms with Gasteiger partial charge in [0.25, 0.3) is 0 Å². The van der Waals surface area contributed by atoms with Gasteiger partial charge in [-0.1, -0.05) is 29.3 Å². The summed E-state index contributed by atoms with van der Waals surface area (Å²) < 4.78 is 0.697. The van der Waals surface area contributed by atoms with E-state index in [0.29, 0.717) is 25.2 Å². The number of aromatic nitrogens is 1. The maximum absolute atomic E-state index is 9.24. The quantitative estimate of drug-likeness (QED) is 0.881. The predicted molar refractivity (Wildman–Crippen MR) is 71.2 cm³/mol. The highest BCUT2D eigenvalue weighted by molar-refractivity contribution is 9.11. The van der Waals surface area contributed by atoms with Crippen LogP contribution in [0, 0.1) is 0 Å². The molecular formula is C10H6BrCl2NOS. The fraction of sp³-hybridized carbons (Fsp3) is 0.100. The van der Waals surface area contributed by atoms with Gasteiger partial charge in [0, 0.05) is 5.56 Å². The number of benzene rings is 1. The zero-order chi connectivity index (χ0) is 11.7. The minimum Gasteiger partial charge on any atom is -0.391 e. The first-order valence-electron chi connectivity index (χ1n) is 4.34. The standard InChI is InChI=1S/C10H6BrCl2NOS/c11-10-14-9(7(4-15)16-10)8-5(12)2-1-3-6(8)13/h1-3,15H,4H2. The van der Waals surface area contributed by atoms with Gasteiger partial charge in [0.1, 0.15) is 0 Å². The topological polar surface area (TPSA) is 33.1 Å². The van der Waals surface area contributed by atoms with Crippen LogP contribution in [0.2, 0.25) is 10.0 Å². The molecule has 2 rings (SSSR count). The first-order chi connectivity index (χ1) is 7.63. The highest BCUT2D eigenvalue weighted by Crippen LogP contribution is 2.39. The number of halogens is 3. The summed E-state index contributed by atoms with van der Waals surface area (Å²) >= 11 is 16.8. The van der Waals surface area contributed by atoms with E-state index >= 15 is 0 Å². The molecule has 0 aliphatic carbocycles. The lowest BCUT2D eigenvalue weighted by atomic mass is 10.1. The van der Waals surface area contributed by atoms with Crippen molar-refractivity contribution in [3.8, 4) is 11.3 Å². The monoisotopic (exact) mass is 337 g/mol. The van der Waals surface area contributed by atoms with E-state index in [0.717, 1.165) is 4.88 Å². The summed E-state index contributed by atoms with van der Waals surface area (Å²) in [5, 5.41) is 10.3. The molecule has 1 heterocycles. The maximum atomic E-state index is 9.24. The lowest BCUT2D eigenvalue weighted by Crippen LogP contribution is -1.87. The molecule has 1 aromatic heterocycles. The third kappa shape index (κ3) is 2.26. The number of thiazole rings is 1. The molecule has 0 aliphatic rings. The van der Waals surface area contributed by atoms with Crippen LogP contribution in [-0.2, 0) is 6.61 Å². The van der Waals surface area contributed by atoms with Gasteiger partial charge in [-0.3, -0.25) is 0 Å². The third-order valence-corrected chi connectivity index (χ3v) is 4.14. The van der Waals surface area contributed by atoms with Crippen LogP contribution >= 0.6 is 50.5 Å². The Labute approximate surface area is 115 Å². The summed E-state index contributed by atoms with van der Waals surface area (Å²) in [7, 11) is 0. The summed E-state index contributed by atoms with van der Waals surface area (Å²) in [5.41, 5.74) is 1.30. The van der Waals surface area contributed by atoms with Gasteiger partial charge in [0.2, 0.25) is 0 Å². The second-order valence-electron chi connectivity index (χ2n) is 2.99. The van der Waals surface area contributed by atoms with Gasteiger partial charge >= 0.3 is 0 Å². The van der Waals surface area contributed by atoms with E-state index in [9.17, 15) is 5.11 Å². The number of aliphatic hydroxyl groups is 1. The average Bonchev–Trinajstić information content (AvgIpc) is 2.59. The van der Waals surface area contributed by atoms with Crippen LogP contribution in [0.4, 0.5) is 0 Å². The van der Waals surface area contributed by atoms with Gasteiger partial charge in [0.05, 0.1) is 27.2 Å². The number of hydrogen-bond donors (Lipinski definition) is 1. The minimum absolute atomic E-state index is 0.0832. The molecule has 0 amide bonds. The van der Waals surface area contributed by atoms with Crippen molar-refractivity contribution in [2.75, 3.05) is 0 Å². The van der Waals surface area contributed by atoms with Crippen molar-refractivity contribution in [3.63, 3.8) is 0 Å². The largest absolute Gasteiger partial charge is 0.391 e. The SMILES string of the molecule is OCc1sc(Br)nc1-c1c(Cl)cccc1Cl. The first-order valence-corrected chi connectivity index (χ1v) is 6.70. The molecule has 0 saturated carbocycles. The van der Waals surface area contributed by atoms with E-state index in [1.807, 2.05) is 0 Å². The highest BCUT2D eigenvalue weighted by Gasteiger charge is 2.16. The number of nitrogens with zero attached hydrogens (tertiary/aromatic N) is 1. The lowest BCUT2D eigenvalue weighted by molar-refractivity contribution is 0.286. The van der Waals surface area contributed by atoms with Crippen LogP contribution in [0.15, 0.2) is 22.1 Å². The second-order valence-corrected chi connectivity index (χ2v) is 6.17. The first kappa shape index (κ1) is 12.3. The average molecular weight is 339 g/mol. The Morgan fingerprint density at radius 1 is 1.31 bits per heavy atom. The van der Waals surface area contributed by atoms with Gasteiger partial charge in [-0.15, -0.1) is 11.3 Å². The summed E-state index contributed by atoms with van der Waals surface area (Å²) in [6.45, 7) is -0.0832. The molecular weight excluding hydrogens is 333 g/mol. The maximum Gasteiger partial charge on any atom is 0.160 e. The molecule has 0 spiro atoms. The molecule has 2 aromatic rings. The molecule has 0 fully saturated rings. The molecule has 0 atom stereocenters. The molecule has 16 heavy (non-hydrogen) atoms. The van der Waals surface area contributed by atoms with Crippen molar-refractivity contribution in [2.45, 2.75) is 6.61 Å². The Balaban J connectivity index is 2.66. The Bertz CT molecular complexity index is 509. The lowest BCUT2D eigenvalue weighted by Gasteiger charge is -2.05. The molecule has 1 N–H and O–H groups in total. The molecule has 0 unspecified atom stereocenters. The van der Waals surface area contributed by atoms with Crippen molar-refractivity contribution in [1.29, 1.82) is 0 Å². The number of aliphatic hydroxyl groups excluding tert-OH is 1. The van der Waals surface area contributed by atoms with E-state index in [4.69, 9.17) is 23.2 Å². The van der Waals surface area contributed by atoms with Gasteiger partial charge in [0.15, 0.2) is 3.92 Å². The molecule has 2 nitrogen and oxygen atoms in total. The van der Waals surface area contributed by atoms with Crippen molar-refractivity contribution in [3.05, 3.63) is 37.0 Å². The van der Waals surface area contributed by atoms with E-state index in [-0.39, 0.29) is 6.61 Å². The van der Waals surface area contributed by atoms with Gasteiger partial charge in [-0.25, -0.2) is 4.98 Å². The normalized spacial score (nSPS) is 10.8. The summed E-state index contributed by atoms with van der Waals surface area (Å²) in [4.78, 5) is 5.02. The van der Waals surface area contributed by atoms with Crippen LogP contribution < -0.4 is 0 Å². The van der Waals surface area contributed by atoms with Crippen molar-refractivity contribution >= 4 is 50.5 Å². The minimum atomic E-state index is -0.0832. The van der Waals surface area contributed by atoms with Crippen molar-refractivity contribution < 1.29 is 5.11 Å². The van der Waals surface area contributed by atoms with E-state index in [1.54, 1.807) is 18.2 Å². The predicted octanol–water partition coefficient (Wildman–Crippen LogP) is 4.37. The molecule has 6 heteroatoms. The van der Waals surface area contributed by atoms with Crippen LogP contribution in [-0.4, -0.2) is 10.1 Å². The molecule has 1 aromatic carbocycles. The van der Waals surface area contributed by atoms with Crippen LogP contribution in [0.5, 0.6) is 0 Å². The number of hydrogen-bond acceptors (Lipinski definition) is 3.